The predicted molar refractivity (Wildman–Crippen MR) is 107 cm³/mol. The van der Waals surface area contributed by atoms with E-state index in [1.807, 2.05) is 36.4 Å². The zero-order valence-electron chi connectivity index (χ0n) is 14.8. The van der Waals surface area contributed by atoms with Crippen LogP contribution < -0.4 is 0 Å². The summed E-state index contributed by atoms with van der Waals surface area (Å²) in [6, 6.07) is 14.0. The van der Waals surface area contributed by atoms with Crippen LogP contribution in [-0.4, -0.2) is 39.7 Å². The third kappa shape index (κ3) is 3.23. The molecule has 0 spiro atoms. The molecule has 3 aromatic heterocycles. The van der Waals surface area contributed by atoms with E-state index in [9.17, 15) is 10.1 Å². The van der Waals surface area contributed by atoms with E-state index in [1.165, 1.54) is 23.5 Å². The molecule has 5 rings (SSSR count). The summed E-state index contributed by atoms with van der Waals surface area (Å²) in [6.45, 7) is 0.400. The Morgan fingerprint density at radius 2 is 1.86 bits per heavy atom. The summed E-state index contributed by atoms with van der Waals surface area (Å²) >= 11 is 1.40. The number of rotatable bonds is 5. The van der Waals surface area contributed by atoms with Gasteiger partial charge in [-0.05, 0) is 35.9 Å². The van der Waals surface area contributed by atoms with Gasteiger partial charge in [0.1, 0.15) is 17.1 Å². The van der Waals surface area contributed by atoms with Crippen molar-refractivity contribution in [3.63, 3.8) is 0 Å². The van der Waals surface area contributed by atoms with Crippen LogP contribution in [0.25, 0.3) is 28.1 Å². The van der Waals surface area contributed by atoms with Crippen molar-refractivity contribution in [3.05, 3.63) is 75.0 Å². The summed E-state index contributed by atoms with van der Waals surface area (Å²) in [5, 5.41) is 32.7. The number of fused-ring (bicyclic) bond motifs is 2. The van der Waals surface area contributed by atoms with Crippen LogP contribution in [0.1, 0.15) is 16.4 Å². The number of aromatic nitrogens is 7. The first-order chi connectivity index (χ1) is 14.2. The topological polar surface area (TPSA) is 117 Å². The second-order valence-electron chi connectivity index (χ2n) is 6.17. The summed E-state index contributed by atoms with van der Waals surface area (Å²) in [7, 11) is 0. The maximum absolute atomic E-state index is 10.7. The largest absolute Gasteiger partial charge is 0.269 e. The minimum atomic E-state index is -0.420. The van der Waals surface area contributed by atoms with Gasteiger partial charge in [0.15, 0.2) is 5.82 Å². The second kappa shape index (κ2) is 6.87. The summed E-state index contributed by atoms with van der Waals surface area (Å²) in [6.07, 6.45) is 3.69. The monoisotopic (exact) mass is 404 g/mol. The van der Waals surface area contributed by atoms with E-state index in [-0.39, 0.29) is 5.69 Å². The summed E-state index contributed by atoms with van der Waals surface area (Å²) < 4.78 is 3.45. The lowest BCUT2D eigenvalue weighted by molar-refractivity contribution is -0.384. The van der Waals surface area contributed by atoms with E-state index >= 15 is 0 Å². The van der Waals surface area contributed by atoms with Gasteiger partial charge in [0.2, 0.25) is 4.96 Å². The average molecular weight is 404 g/mol. The van der Waals surface area contributed by atoms with Crippen LogP contribution in [0.3, 0.4) is 0 Å². The van der Waals surface area contributed by atoms with Gasteiger partial charge in [0.05, 0.1) is 10.4 Å². The van der Waals surface area contributed by atoms with E-state index < -0.39 is 4.92 Å². The lowest BCUT2D eigenvalue weighted by Crippen LogP contribution is -2.06. The maximum Gasteiger partial charge on any atom is 0.269 e. The van der Waals surface area contributed by atoms with Gasteiger partial charge in [-0.3, -0.25) is 10.1 Å². The smallest absolute Gasteiger partial charge is 0.258 e. The quantitative estimate of drug-likeness (QED) is 0.326. The number of non-ortho nitro benzene ring substituents is 1. The molecule has 0 saturated carbocycles. The molecule has 0 aliphatic carbocycles. The molecule has 0 unspecified atom stereocenters. The van der Waals surface area contributed by atoms with E-state index in [1.54, 1.807) is 21.3 Å². The highest BCUT2D eigenvalue weighted by Crippen LogP contribution is 2.19. The molecule has 0 amide bonds. The predicted octanol–water partition coefficient (Wildman–Crippen LogP) is 3.06. The van der Waals surface area contributed by atoms with Crippen molar-refractivity contribution >= 4 is 45.2 Å². The number of nitro groups is 1. The van der Waals surface area contributed by atoms with E-state index in [0.29, 0.717) is 17.3 Å². The normalized spacial score (nSPS) is 11.7. The van der Waals surface area contributed by atoms with Gasteiger partial charge in [-0.2, -0.15) is 9.61 Å². The minimum Gasteiger partial charge on any atom is -0.258 e. The molecule has 5 aromatic rings. The highest BCUT2D eigenvalue weighted by Gasteiger charge is 2.13. The van der Waals surface area contributed by atoms with Crippen molar-refractivity contribution in [2.75, 3.05) is 0 Å². The van der Waals surface area contributed by atoms with Crippen molar-refractivity contribution in [1.82, 2.24) is 34.8 Å². The number of nitrogens with zero attached hydrogens (tertiary/aromatic N) is 8. The van der Waals surface area contributed by atoms with Gasteiger partial charge in [-0.25, -0.2) is 4.68 Å². The van der Waals surface area contributed by atoms with E-state index in [2.05, 4.69) is 25.6 Å². The Bertz CT molecular complexity index is 1370. The van der Waals surface area contributed by atoms with Gasteiger partial charge in [-0.1, -0.05) is 34.8 Å². The van der Waals surface area contributed by atoms with Crippen molar-refractivity contribution in [3.8, 4) is 0 Å². The Morgan fingerprint density at radius 1 is 1.03 bits per heavy atom. The number of para-hydroxylation sites is 1. The van der Waals surface area contributed by atoms with Crippen LogP contribution in [0.2, 0.25) is 0 Å². The lowest BCUT2D eigenvalue weighted by atomic mass is 10.2. The van der Waals surface area contributed by atoms with Gasteiger partial charge in [-0.15, -0.1) is 15.3 Å². The number of nitro benzene ring substituents is 1. The standard InChI is InChI=1S/C18H12N8O2S/c27-26(28)13-8-5-12(6-9-13)7-10-17-22-25-16(20-21-18(25)29-17)11-24-15-4-2-1-3-14(15)19-23-24/h1-10H,11H2. The first-order valence-corrected chi connectivity index (χ1v) is 9.41. The fourth-order valence-electron chi connectivity index (χ4n) is 2.88. The van der Waals surface area contributed by atoms with Crippen LogP contribution in [0.4, 0.5) is 5.69 Å². The molecule has 11 heteroatoms. The Kier molecular flexibility index (Phi) is 4.06. The first kappa shape index (κ1) is 17.1. The molecule has 3 heterocycles. The highest BCUT2D eigenvalue weighted by atomic mass is 32.1. The van der Waals surface area contributed by atoms with Gasteiger partial charge < -0.3 is 0 Å². The van der Waals surface area contributed by atoms with Crippen molar-refractivity contribution in [2.24, 2.45) is 0 Å². The molecular formula is C18H12N8O2S. The molecule has 0 bridgehead atoms. The van der Waals surface area contributed by atoms with Gasteiger partial charge in [0, 0.05) is 12.1 Å². The molecule has 0 radical (unpaired) electrons. The van der Waals surface area contributed by atoms with Crippen LogP contribution in [0.5, 0.6) is 0 Å². The summed E-state index contributed by atoms with van der Waals surface area (Å²) in [5.74, 6) is 0.655. The number of hydrogen-bond donors (Lipinski definition) is 0. The number of benzene rings is 2. The molecular weight excluding hydrogens is 392 g/mol. The van der Waals surface area contributed by atoms with Crippen molar-refractivity contribution in [1.29, 1.82) is 0 Å². The zero-order valence-corrected chi connectivity index (χ0v) is 15.6. The molecule has 0 saturated heterocycles. The van der Waals surface area contributed by atoms with Crippen LogP contribution in [-0.2, 0) is 6.54 Å². The highest BCUT2D eigenvalue weighted by molar-refractivity contribution is 7.17. The third-order valence-corrected chi connectivity index (χ3v) is 5.17. The summed E-state index contributed by atoms with van der Waals surface area (Å²) in [5.41, 5.74) is 2.64. The molecule has 0 fully saturated rings. The fourth-order valence-corrected chi connectivity index (χ4v) is 3.64. The Balaban J connectivity index is 1.40. The number of hydrogen-bond acceptors (Lipinski definition) is 8. The Labute approximate surface area is 166 Å². The molecule has 2 aromatic carbocycles. The zero-order chi connectivity index (χ0) is 19.8. The van der Waals surface area contributed by atoms with Crippen LogP contribution >= 0.6 is 11.3 Å². The van der Waals surface area contributed by atoms with Gasteiger partial charge >= 0.3 is 0 Å². The van der Waals surface area contributed by atoms with Crippen molar-refractivity contribution in [2.45, 2.75) is 6.54 Å². The minimum absolute atomic E-state index is 0.0613. The molecule has 29 heavy (non-hydrogen) atoms. The molecule has 0 aliphatic heterocycles. The molecule has 142 valence electrons. The van der Waals surface area contributed by atoms with Gasteiger partial charge in [0.25, 0.3) is 5.69 Å². The molecule has 0 aliphatic rings. The molecule has 10 nitrogen and oxygen atoms in total. The SMILES string of the molecule is O=[N+]([O-])c1ccc(C=Cc2nn3c(Cn4nnc5ccccc54)nnc3s2)cc1. The maximum atomic E-state index is 10.7. The molecule has 0 atom stereocenters. The van der Waals surface area contributed by atoms with E-state index in [0.717, 1.165) is 21.6 Å². The Hall–Kier alpha value is -3.99. The van der Waals surface area contributed by atoms with E-state index in [4.69, 9.17) is 0 Å². The van der Waals surface area contributed by atoms with Crippen LogP contribution in [0.15, 0.2) is 48.5 Å². The first-order valence-electron chi connectivity index (χ1n) is 8.59. The third-order valence-electron chi connectivity index (χ3n) is 4.30. The molecule has 0 N–H and O–H groups in total. The van der Waals surface area contributed by atoms with Crippen molar-refractivity contribution < 1.29 is 4.92 Å². The Morgan fingerprint density at radius 3 is 2.69 bits per heavy atom. The fraction of sp³-hybridized carbons (Fsp3) is 0.0556. The lowest BCUT2D eigenvalue weighted by Gasteiger charge is -1.98. The second-order valence-corrected chi connectivity index (χ2v) is 7.16. The van der Waals surface area contributed by atoms with Crippen LogP contribution in [0, 0.1) is 10.1 Å². The average Bonchev–Trinajstić information content (AvgIpc) is 3.43. The summed E-state index contributed by atoms with van der Waals surface area (Å²) in [4.78, 5) is 11.0.